The van der Waals surface area contributed by atoms with Gasteiger partial charge in [-0.2, -0.15) is 0 Å². The van der Waals surface area contributed by atoms with Gasteiger partial charge < -0.3 is 9.84 Å². The van der Waals surface area contributed by atoms with Gasteiger partial charge in [-0.15, -0.1) is 0 Å². The molecule has 5 heteroatoms. The highest BCUT2D eigenvalue weighted by atomic mass is 16.5. The number of nitrogens with zero attached hydrogens (tertiary/aromatic N) is 3. The highest BCUT2D eigenvalue weighted by molar-refractivity contribution is 5.05. The molecular weight excluding hydrogens is 218 g/mol. The maximum Gasteiger partial charge on any atom is 0.158 e. The number of aromatic nitrogens is 2. The summed E-state index contributed by atoms with van der Waals surface area (Å²) in [5.74, 6) is 0.711. The minimum Gasteiger partial charge on any atom is -0.392 e. The van der Waals surface area contributed by atoms with Crippen molar-refractivity contribution < 1.29 is 9.84 Å². The smallest absolute Gasteiger partial charge is 0.158 e. The molecule has 17 heavy (non-hydrogen) atoms. The summed E-state index contributed by atoms with van der Waals surface area (Å²) in [5.41, 5.74) is 0.731. The summed E-state index contributed by atoms with van der Waals surface area (Å²) in [4.78, 5) is 10.9. The molecule has 94 valence electrons. The zero-order valence-corrected chi connectivity index (χ0v) is 10.2. The van der Waals surface area contributed by atoms with Gasteiger partial charge in [0.15, 0.2) is 5.82 Å². The molecule has 2 rings (SSSR count). The lowest BCUT2D eigenvalue weighted by atomic mass is 10.2. The summed E-state index contributed by atoms with van der Waals surface area (Å²) < 4.78 is 5.68. The van der Waals surface area contributed by atoms with Crippen LogP contribution in [-0.2, 0) is 11.3 Å². The third-order valence-electron chi connectivity index (χ3n) is 2.89. The first-order chi connectivity index (χ1) is 8.33. The Morgan fingerprint density at radius 1 is 1.47 bits per heavy atom. The highest BCUT2D eigenvalue weighted by Gasteiger charge is 2.23. The van der Waals surface area contributed by atoms with E-state index in [2.05, 4.69) is 21.8 Å². The maximum atomic E-state index is 8.93. The van der Waals surface area contributed by atoms with E-state index in [1.807, 2.05) is 0 Å². The van der Waals surface area contributed by atoms with E-state index in [4.69, 9.17) is 9.84 Å². The zero-order valence-electron chi connectivity index (χ0n) is 10.2. The molecule has 1 N–H and O–H groups in total. The second kappa shape index (κ2) is 6.05. The van der Waals surface area contributed by atoms with Crippen LogP contribution in [0.25, 0.3) is 0 Å². The number of aliphatic hydroxyl groups excluding tert-OH is 1. The molecule has 0 spiro atoms. The Hall–Kier alpha value is -1.04. The molecule has 1 saturated heterocycles. The predicted molar refractivity (Wildman–Crippen MR) is 63.4 cm³/mol. The van der Waals surface area contributed by atoms with Crippen LogP contribution in [0.3, 0.4) is 0 Å². The van der Waals surface area contributed by atoms with E-state index in [1.165, 1.54) is 0 Å². The van der Waals surface area contributed by atoms with E-state index < -0.39 is 0 Å². The van der Waals surface area contributed by atoms with Gasteiger partial charge >= 0.3 is 0 Å². The third kappa shape index (κ3) is 3.21. The van der Waals surface area contributed by atoms with Crippen molar-refractivity contribution in [2.24, 2.45) is 0 Å². The Bertz CT molecular complexity index is 340. The van der Waals surface area contributed by atoms with Crippen molar-refractivity contribution in [3.8, 4) is 0 Å². The average molecular weight is 237 g/mol. The lowest BCUT2D eigenvalue weighted by Crippen LogP contribution is -2.39. The molecule has 1 aromatic heterocycles. The third-order valence-corrected chi connectivity index (χ3v) is 2.89. The largest absolute Gasteiger partial charge is 0.392 e. The molecule has 1 unspecified atom stereocenters. The number of hydrogen-bond donors (Lipinski definition) is 1. The molecule has 0 radical (unpaired) electrons. The Morgan fingerprint density at radius 2 is 2.24 bits per heavy atom. The SMILES string of the molecule is CCCN1CCOC(c2ncc(CO)cn2)C1. The standard InChI is InChI=1S/C12H19N3O2/c1-2-3-15-4-5-17-11(8-15)12-13-6-10(9-16)7-14-12/h6-7,11,16H,2-5,8-9H2,1H3. The summed E-state index contributed by atoms with van der Waals surface area (Å²) in [7, 11) is 0. The van der Waals surface area contributed by atoms with Crippen LogP contribution in [0.4, 0.5) is 0 Å². The summed E-state index contributed by atoms with van der Waals surface area (Å²) in [6, 6.07) is 0. The van der Waals surface area contributed by atoms with Gasteiger partial charge in [0.1, 0.15) is 6.10 Å². The van der Waals surface area contributed by atoms with Gasteiger partial charge in [0, 0.05) is 31.0 Å². The Kier molecular flexibility index (Phi) is 4.42. The number of hydrogen-bond acceptors (Lipinski definition) is 5. The molecule has 0 saturated carbocycles. The van der Waals surface area contributed by atoms with Gasteiger partial charge in [0.05, 0.1) is 13.2 Å². The fourth-order valence-corrected chi connectivity index (χ4v) is 1.99. The molecule has 1 aliphatic heterocycles. The number of morpholine rings is 1. The first-order valence-electron chi connectivity index (χ1n) is 6.09. The van der Waals surface area contributed by atoms with E-state index in [-0.39, 0.29) is 12.7 Å². The van der Waals surface area contributed by atoms with Gasteiger partial charge in [0.25, 0.3) is 0 Å². The molecule has 0 bridgehead atoms. The van der Waals surface area contributed by atoms with Crippen LogP contribution in [0.1, 0.15) is 30.8 Å². The summed E-state index contributed by atoms with van der Waals surface area (Å²) in [6.07, 6.45) is 4.43. The van der Waals surface area contributed by atoms with E-state index in [0.717, 1.165) is 38.2 Å². The lowest BCUT2D eigenvalue weighted by Gasteiger charge is -2.31. The topological polar surface area (TPSA) is 58.5 Å². The number of aliphatic hydroxyl groups is 1. The molecule has 0 aliphatic carbocycles. The summed E-state index contributed by atoms with van der Waals surface area (Å²) in [6.45, 7) is 5.82. The molecule has 1 fully saturated rings. The van der Waals surface area contributed by atoms with Gasteiger partial charge in [0.2, 0.25) is 0 Å². The Labute approximate surface area is 101 Å². The van der Waals surface area contributed by atoms with E-state index in [9.17, 15) is 0 Å². The van der Waals surface area contributed by atoms with E-state index >= 15 is 0 Å². The van der Waals surface area contributed by atoms with Crippen LogP contribution < -0.4 is 0 Å². The normalized spacial score (nSPS) is 21.6. The quantitative estimate of drug-likeness (QED) is 0.837. The van der Waals surface area contributed by atoms with Crippen molar-refractivity contribution in [2.45, 2.75) is 26.1 Å². The molecule has 2 heterocycles. The predicted octanol–water partition coefficient (Wildman–Crippen LogP) is 0.752. The van der Waals surface area contributed by atoms with Crippen LogP contribution in [0, 0.1) is 0 Å². The van der Waals surface area contributed by atoms with Crippen molar-refractivity contribution >= 4 is 0 Å². The van der Waals surface area contributed by atoms with Crippen LogP contribution >= 0.6 is 0 Å². The molecular formula is C12H19N3O2. The number of ether oxygens (including phenoxy) is 1. The second-order valence-electron chi connectivity index (χ2n) is 4.27. The van der Waals surface area contributed by atoms with E-state index in [0.29, 0.717) is 5.82 Å². The lowest BCUT2D eigenvalue weighted by molar-refractivity contribution is -0.0342. The van der Waals surface area contributed by atoms with Crippen molar-refractivity contribution in [2.75, 3.05) is 26.2 Å². The fraction of sp³-hybridized carbons (Fsp3) is 0.667. The van der Waals surface area contributed by atoms with Crippen molar-refractivity contribution in [1.29, 1.82) is 0 Å². The Balaban J connectivity index is 2.00. The monoisotopic (exact) mass is 237 g/mol. The van der Waals surface area contributed by atoms with Crippen LogP contribution in [-0.4, -0.2) is 46.2 Å². The van der Waals surface area contributed by atoms with Gasteiger partial charge in [-0.25, -0.2) is 9.97 Å². The van der Waals surface area contributed by atoms with Gasteiger partial charge in [-0.05, 0) is 13.0 Å². The van der Waals surface area contributed by atoms with Crippen LogP contribution in [0.2, 0.25) is 0 Å². The molecule has 0 amide bonds. The Morgan fingerprint density at radius 3 is 2.88 bits per heavy atom. The van der Waals surface area contributed by atoms with Gasteiger partial charge in [-0.1, -0.05) is 6.92 Å². The minimum atomic E-state index is -0.0388. The summed E-state index contributed by atoms with van der Waals surface area (Å²) >= 11 is 0. The number of rotatable bonds is 4. The fourth-order valence-electron chi connectivity index (χ4n) is 1.99. The molecule has 0 aromatic carbocycles. The molecule has 1 atom stereocenters. The maximum absolute atomic E-state index is 8.93. The second-order valence-corrected chi connectivity index (χ2v) is 4.27. The van der Waals surface area contributed by atoms with Gasteiger partial charge in [-0.3, -0.25) is 4.90 Å². The zero-order chi connectivity index (χ0) is 12.1. The molecule has 5 nitrogen and oxygen atoms in total. The van der Waals surface area contributed by atoms with E-state index in [1.54, 1.807) is 12.4 Å². The average Bonchev–Trinajstić information content (AvgIpc) is 2.40. The highest BCUT2D eigenvalue weighted by Crippen LogP contribution is 2.18. The van der Waals surface area contributed by atoms with Crippen molar-refractivity contribution in [3.63, 3.8) is 0 Å². The first-order valence-corrected chi connectivity index (χ1v) is 6.09. The van der Waals surface area contributed by atoms with Crippen molar-refractivity contribution in [1.82, 2.24) is 14.9 Å². The molecule has 1 aliphatic rings. The first kappa shape index (κ1) is 12.4. The molecule has 1 aromatic rings. The minimum absolute atomic E-state index is 0.0201. The van der Waals surface area contributed by atoms with Crippen LogP contribution in [0.15, 0.2) is 12.4 Å². The van der Waals surface area contributed by atoms with Crippen molar-refractivity contribution in [3.05, 3.63) is 23.8 Å². The summed E-state index contributed by atoms with van der Waals surface area (Å²) in [5, 5.41) is 8.93. The van der Waals surface area contributed by atoms with Crippen LogP contribution in [0.5, 0.6) is 0 Å².